The molecule has 2 aliphatic rings. The number of hydrogen-bond acceptors (Lipinski definition) is 18. The van der Waals surface area contributed by atoms with E-state index >= 15 is 4.57 Å². The molecule has 0 spiro atoms. The highest BCUT2D eigenvalue weighted by molar-refractivity contribution is 7.57. The number of rotatable bonds is 22. The third kappa shape index (κ3) is 12.7. The van der Waals surface area contributed by atoms with Crippen LogP contribution in [0.25, 0.3) is 0 Å². The summed E-state index contributed by atoms with van der Waals surface area (Å²) in [5.41, 5.74) is -3.65. The Kier molecular flexibility index (Phi) is 18.8. The summed E-state index contributed by atoms with van der Waals surface area (Å²) in [6, 6.07) is -2.01. The van der Waals surface area contributed by atoms with E-state index in [0.717, 1.165) is 18.4 Å². The number of aliphatic hydroxyl groups excluding tert-OH is 2. The smallest absolute Gasteiger partial charge is 0.331 e. The summed E-state index contributed by atoms with van der Waals surface area (Å²) < 4.78 is 69.3. The quantitative estimate of drug-likeness (QED) is 0.0501. The van der Waals surface area contributed by atoms with Gasteiger partial charge in [-0.1, -0.05) is 0 Å². The van der Waals surface area contributed by atoms with Crippen LogP contribution in [-0.2, 0) is 71.6 Å². The predicted molar refractivity (Wildman–Crippen MR) is 204 cm³/mol. The number of H-pyrrole nitrogens is 1. The molecule has 0 saturated carbocycles. The molecule has 0 bridgehead atoms. The van der Waals surface area contributed by atoms with Crippen molar-refractivity contribution in [1.29, 1.82) is 0 Å². The molecule has 0 aromatic carbocycles. The third-order valence-corrected chi connectivity index (χ3v) is 12.6. The molecular weight excluding hydrogens is 807 g/mol. The van der Waals surface area contributed by atoms with E-state index in [1.54, 1.807) is 32.4 Å². The van der Waals surface area contributed by atoms with Crippen LogP contribution in [0.1, 0.15) is 67.4 Å². The SMILES string of the molecule is CC(=O)N[C@H]1[C@H](OCCOCCOCCOP(=O)(N(C(C)C)C(C)C)[C@]2(n3cc(C)c(=O)[nH]c3=O)C[C@H](O)[C@@H](CO)O2)O[C@H](COC(C)=O)[C@H](OC(C)=O)[C@@H]1OC(C)=O. The number of ether oxygens (including phenoxy) is 8. The van der Waals surface area contributed by atoms with Crippen LogP contribution in [-0.4, -0.2) is 156 Å². The van der Waals surface area contributed by atoms with E-state index in [1.807, 2.05) is 0 Å². The second kappa shape index (κ2) is 22.3. The third-order valence-electron chi connectivity index (χ3n) is 9.17. The molecule has 4 N–H and O–H groups in total. The normalized spacial score (nSPS) is 26.8. The van der Waals surface area contributed by atoms with E-state index in [4.69, 9.17) is 42.4 Å². The topological polar surface area (TPSA) is 279 Å². The van der Waals surface area contributed by atoms with Crippen molar-refractivity contribution in [2.75, 3.05) is 52.9 Å². The molecule has 3 heterocycles. The number of esters is 3. The van der Waals surface area contributed by atoms with Crippen LogP contribution in [0.4, 0.5) is 0 Å². The van der Waals surface area contributed by atoms with Crippen molar-refractivity contribution in [1.82, 2.24) is 19.5 Å². The number of aromatic nitrogens is 2. The Labute approximate surface area is 341 Å². The number of amides is 1. The van der Waals surface area contributed by atoms with Crippen molar-refractivity contribution >= 4 is 31.3 Å². The summed E-state index contributed by atoms with van der Waals surface area (Å²) in [7, 11) is -4.39. The van der Waals surface area contributed by atoms with Gasteiger partial charge in [-0.25, -0.2) is 9.46 Å². The number of carbonyl (C=O) groups excluding carboxylic acids is 4. The standard InChI is InChI=1S/C36H59N4O18P/c1-20(2)40(21(3)4)59(49,36(16-27(46)28(18-41)58-36)39-17-22(5)33(47)38-35(39)48)54-15-13-51-11-10-50-12-14-52-34-30(37-23(6)42)32(56-26(9)45)31(55-25(8)44)29(57-34)19-53-24(7)43/h17,20-21,27-32,34,41,46H,10-16,18-19H2,1-9H3,(H,37,42)(H,38,47,48)/t27-,28+,29+,30+,31-,32+,34+,36-,59?/m0/s1. The number of aromatic amines is 1. The van der Waals surface area contributed by atoms with Gasteiger partial charge in [0.2, 0.25) is 11.4 Å². The van der Waals surface area contributed by atoms with E-state index in [2.05, 4.69) is 10.3 Å². The molecule has 3 rings (SSSR count). The molecule has 1 aromatic rings. The molecule has 0 radical (unpaired) electrons. The minimum atomic E-state index is -4.39. The van der Waals surface area contributed by atoms with Gasteiger partial charge in [0, 0.05) is 58.0 Å². The number of aliphatic hydroxyl groups is 2. The lowest BCUT2D eigenvalue weighted by molar-refractivity contribution is -0.279. The van der Waals surface area contributed by atoms with Crippen molar-refractivity contribution in [3.63, 3.8) is 0 Å². The fourth-order valence-corrected chi connectivity index (χ4v) is 10.3. The predicted octanol–water partition coefficient (Wildman–Crippen LogP) is -0.368. The molecule has 9 atom stereocenters. The van der Waals surface area contributed by atoms with Gasteiger partial charge in [-0.3, -0.25) is 38.1 Å². The first-order chi connectivity index (χ1) is 27.7. The maximum atomic E-state index is 15.5. The van der Waals surface area contributed by atoms with Crippen molar-refractivity contribution in [3.8, 4) is 0 Å². The Morgan fingerprint density at radius 2 is 1.51 bits per heavy atom. The lowest BCUT2D eigenvalue weighted by atomic mass is 9.96. The highest BCUT2D eigenvalue weighted by atomic mass is 31.2. The molecule has 1 unspecified atom stereocenters. The van der Waals surface area contributed by atoms with Crippen LogP contribution >= 0.6 is 7.52 Å². The molecule has 336 valence electrons. The molecular formula is C36H59N4O18P. The van der Waals surface area contributed by atoms with Crippen LogP contribution in [0.2, 0.25) is 0 Å². The first kappa shape index (κ1) is 49.8. The van der Waals surface area contributed by atoms with E-state index in [9.17, 15) is 39.0 Å². The summed E-state index contributed by atoms with van der Waals surface area (Å²) in [6.07, 6.45) is -6.73. The molecule has 1 amide bonds. The summed E-state index contributed by atoms with van der Waals surface area (Å²) in [5.74, 6) is -2.67. The molecule has 0 aliphatic carbocycles. The Morgan fingerprint density at radius 1 is 0.932 bits per heavy atom. The highest BCUT2D eigenvalue weighted by Crippen LogP contribution is 2.69. The zero-order valence-corrected chi connectivity index (χ0v) is 35.8. The van der Waals surface area contributed by atoms with Crippen molar-refractivity contribution in [3.05, 3.63) is 32.6 Å². The van der Waals surface area contributed by atoms with E-state index < -0.39 is 116 Å². The van der Waals surface area contributed by atoms with Gasteiger partial charge in [-0.15, -0.1) is 0 Å². The first-order valence-electron chi connectivity index (χ1n) is 19.2. The van der Waals surface area contributed by atoms with Crippen molar-refractivity contribution in [2.24, 2.45) is 0 Å². The lowest BCUT2D eigenvalue weighted by Crippen LogP contribution is -2.66. The first-order valence-corrected chi connectivity index (χ1v) is 20.8. The summed E-state index contributed by atoms with van der Waals surface area (Å²) >= 11 is 0. The number of carbonyl (C=O) groups is 4. The minimum absolute atomic E-state index is 0.0127. The zero-order valence-electron chi connectivity index (χ0n) is 34.9. The number of aryl methyl sites for hydroxylation is 1. The monoisotopic (exact) mass is 866 g/mol. The van der Waals surface area contributed by atoms with Crippen LogP contribution in [0, 0.1) is 6.92 Å². The van der Waals surface area contributed by atoms with Gasteiger partial charge in [-0.2, -0.15) is 0 Å². The summed E-state index contributed by atoms with van der Waals surface area (Å²) in [5, 5.41) is 23.5. The van der Waals surface area contributed by atoms with Gasteiger partial charge in [-0.05, 0) is 34.6 Å². The minimum Gasteiger partial charge on any atom is -0.463 e. The average molecular weight is 867 g/mol. The largest absolute Gasteiger partial charge is 0.463 e. The second-order valence-corrected chi connectivity index (χ2v) is 17.0. The Hall–Kier alpha value is -3.57. The maximum Gasteiger partial charge on any atom is 0.331 e. The molecule has 2 fully saturated rings. The van der Waals surface area contributed by atoms with Crippen molar-refractivity contribution < 1.29 is 76.4 Å². The van der Waals surface area contributed by atoms with Gasteiger partial charge in [0.15, 0.2) is 18.5 Å². The van der Waals surface area contributed by atoms with E-state index in [1.165, 1.54) is 27.0 Å². The Bertz CT molecular complexity index is 1750. The molecule has 23 heteroatoms. The van der Waals surface area contributed by atoms with E-state index in [-0.39, 0.29) is 51.8 Å². The molecule has 22 nitrogen and oxygen atoms in total. The summed E-state index contributed by atoms with van der Waals surface area (Å²) in [6.45, 7) is 11.8. The van der Waals surface area contributed by atoms with Crippen LogP contribution in [0.3, 0.4) is 0 Å². The zero-order chi connectivity index (χ0) is 44.2. The van der Waals surface area contributed by atoms with Gasteiger partial charge < -0.3 is 57.9 Å². The Morgan fingerprint density at radius 3 is 2.03 bits per heavy atom. The molecule has 2 saturated heterocycles. The van der Waals surface area contributed by atoms with Gasteiger partial charge >= 0.3 is 31.1 Å². The van der Waals surface area contributed by atoms with Crippen molar-refractivity contribution in [2.45, 2.75) is 129 Å². The average Bonchev–Trinajstić information content (AvgIpc) is 3.48. The van der Waals surface area contributed by atoms with Gasteiger partial charge in [0.25, 0.3) is 5.56 Å². The van der Waals surface area contributed by atoms with Gasteiger partial charge in [0.1, 0.15) is 24.9 Å². The van der Waals surface area contributed by atoms with Gasteiger partial charge in [0.05, 0.1) is 52.4 Å². The van der Waals surface area contributed by atoms with Crippen LogP contribution < -0.4 is 16.6 Å². The molecule has 59 heavy (non-hydrogen) atoms. The fourth-order valence-electron chi connectivity index (χ4n) is 6.98. The highest BCUT2D eigenvalue weighted by Gasteiger charge is 2.64. The lowest BCUT2D eigenvalue weighted by Gasteiger charge is -2.46. The molecule has 2 aliphatic heterocycles. The number of hydrogen-bond donors (Lipinski definition) is 4. The summed E-state index contributed by atoms with van der Waals surface area (Å²) in [4.78, 5) is 75.6. The van der Waals surface area contributed by atoms with E-state index in [0.29, 0.717) is 0 Å². The second-order valence-electron chi connectivity index (χ2n) is 14.5. The molecule has 1 aromatic heterocycles. The van der Waals surface area contributed by atoms with Crippen LogP contribution in [0.5, 0.6) is 0 Å². The maximum absolute atomic E-state index is 15.5. The van der Waals surface area contributed by atoms with Crippen LogP contribution in [0.15, 0.2) is 15.8 Å². The number of nitrogens with zero attached hydrogens (tertiary/aromatic N) is 2. The Balaban J connectivity index is 1.67. The number of nitrogens with one attached hydrogen (secondary N) is 2. The fraction of sp³-hybridized carbons (Fsp3) is 0.778.